The summed E-state index contributed by atoms with van der Waals surface area (Å²) in [6, 6.07) is 15.0. The molecule has 1 heterocycles. The molecule has 1 atom stereocenters. The van der Waals surface area contributed by atoms with Gasteiger partial charge in [0.25, 0.3) is 5.91 Å². The normalized spacial score (nSPS) is 17.8. The number of piperidine rings is 1. The van der Waals surface area contributed by atoms with Gasteiger partial charge in [0.15, 0.2) is 5.78 Å². The van der Waals surface area contributed by atoms with Crippen molar-refractivity contribution in [3.05, 3.63) is 76.8 Å². The summed E-state index contributed by atoms with van der Waals surface area (Å²) in [4.78, 5) is 27.1. The van der Waals surface area contributed by atoms with Gasteiger partial charge in [0.2, 0.25) is 0 Å². The van der Waals surface area contributed by atoms with E-state index in [0.717, 1.165) is 12.8 Å². The number of aliphatic hydroxyl groups excluding tert-OH is 1. The molecule has 2 aromatic rings. The highest BCUT2D eigenvalue weighted by Gasteiger charge is 2.31. The molecular formula is C21H20ClNO3. The number of likely N-dealkylation sites (tertiary alicyclic amines) is 1. The fourth-order valence-corrected chi connectivity index (χ4v) is 3.28. The molecule has 26 heavy (non-hydrogen) atoms. The Kier molecular flexibility index (Phi) is 5.74. The van der Waals surface area contributed by atoms with Gasteiger partial charge in [-0.2, -0.15) is 0 Å². The van der Waals surface area contributed by atoms with Gasteiger partial charge in [0.1, 0.15) is 5.76 Å². The lowest BCUT2D eigenvalue weighted by Crippen LogP contribution is -2.47. The number of rotatable bonds is 4. The van der Waals surface area contributed by atoms with Gasteiger partial charge >= 0.3 is 0 Å². The number of hydrogen-bond donors (Lipinski definition) is 1. The SMILES string of the molecule is O=C(/C=C(\O)c1ccc(Cl)cc1)C1CCCCN1C(=O)c1ccccc1. The van der Waals surface area contributed by atoms with Gasteiger partial charge in [-0.25, -0.2) is 0 Å². The van der Waals surface area contributed by atoms with E-state index >= 15 is 0 Å². The van der Waals surface area contributed by atoms with Gasteiger partial charge in [-0.15, -0.1) is 0 Å². The zero-order valence-corrected chi connectivity index (χ0v) is 15.0. The highest BCUT2D eigenvalue weighted by atomic mass is 35.5. The van der Waals surface area contributed by atoms with E-state index in [-0.39, 0.29) is 17.4 Å². The highest BCUT2D eigenvalue weighted by Crippen LogP contribution is 2.22. The van der Waals surface area contributed by atoms with Crippen LogP contribution < -0.4 is 0 Å². The Morgan fingerprint density at radius 3 is 2.38 bits per heavy atom. The summed E-state index contributed by atoms with van der Waals surface area (Å²) >= 11 is 5.84. The van der Waals surface area contributed by atoms with Crippen LogP contribution in [0, 0.1) is 0 Å². The first-order valence-corrected chi connectivity index (χ1v) is 9.00. The second-order valence-corrected chi connectivity index (χ2v) is 6.75. The van der Waals surface area contributed by atoms with E-state index in [1.54, 1.807) is 53.4 Å². The molecule has 1 fully saturated rings. The average molecular weight is 370 g/mol. The number of ketones is 1. The summed E-state index contributed by atoms with van der Waals surface area (Å²) in [5.74, 6) is -0.534. The predicted octanol–water partition coefficient (Wildman–Crippen LogP) is 4.50. The molecule has 1 unspecified atom stereocenters. The number of nitrogens with zero attached hydrogens (tertiary/aromatic N) is 1. The van der Waals surface area contributed by atoms with Crippen molar-refractivity contribution < 1.29 is 14.7 Å². The molecule has 1 N–H and O–H groups in total. The summed E-state index contributed by atoms with van der Waals surface area (Å²) in [7, 11) is 0. The second kappa shape index (κ2) is 8.19. The first-order chi connectivity index (χ1) is 12.6. The standard InChI is InChI=1S/C21H20ClNO3/c22-17-11-9-15(10-12-17)19(24)14-20(25)18-8-4-5-13-23(18)21(26)16-6-2-1-3-7-16/h1-3,6-7,9-12,14,18,24H,4-5,8,13H2/b19-14-. The third kappa shape index (κ3) is 4.14. The molecule has 0 spiro atoms. The fourth-order valence-electron chi connectivity index (χ4n) is 3.15. The van der Waals surface area contributed by atoms with Gasteiger partial charge < -0.3 is 10.0 Å². The van der Waals surface area contributed by atoms with Crippen LogP contribution in [-0.2, 0) is 4.79 Å². The third-order valence-electron chi connectivity index (χ3n) is 4.53. The van der Waals surface area contributed by atoms with E-state index < -0.39 is 6.04 Å². The molecule has 0 bridgehead atoms. The van der Waals surface area contributed by atoms with Crippen molar-refractivity contribution in [2.24, 2.45) is 0 Å². The largest absolute Gasteiger partial charge is 0.507 e. The molecule has 3 rings (SSSR count). The van der Waals surface area contributed by atoms with Crippen molar-refractivity contribution in [3.63, 3.8) is 0 Å². The van der Waals surface area contributed by atoms with Crippen LogP contribution in [0.5, 0.6) is 0 Å². The number of aliphatic hydroxyl groups is 1. The Balaban J connectivity index is 1.80. The van der Waals surface area contributed by atoms with Crippen LogP contribution in [0.2, 0.25) is 5.02 Å². The van der Waals surface area contributed by atoms with Crippen molar-refractivity contribution in [2.45, 2.75) is 25.3 Å². The van der Waals surface area contributed by atoms with Gasteiger partial charge in [0.05, 0.1) is 6.04 Å². The minimum atomic E-state index is -0.550. The minimum absolute atomic E-state index is 0.121. The Labute approximate surface area is 157 Å². The first-order valence-electron chi connectivity index (χ1n) is 8.63. The van der Waals surface area contributed by atoms with E-state index in [1.807, 2.05) is 6.07 Å². The van der Waals surface area contributed by atoms with E-state index in [9.17, 15) is 14.7 Å². The van der Waals surface area contributed by atoms with Gasteiger partial charge in [-0.3, -0.25) is 9.59 Å². The van der Waals surface area contributed by atoms with Gasteiger partial charge in [-0.1, -0.05) is 29.8 Å². The van der Waals surface area contributed by atoms with E-state index in [1.165, 1.54) is 6.08 Å². The number of hydrogen-bond acceptors (Lipinski definition) is 3. The van der Waals surface area contributed by atoms with Crippen LogP contribution in [0.3, 0.4) is 0 Å². The smallest absolute Gasteiger partial charge is 0.254 e. The van der Waals surface area contributed by atoms with Crippen LogP contribution in [0.15, 0.2) is 60.7 Å². The summed E-state index contributed by atoms with van der Waals surface area (Å²) in [6.45, 7) is 0.541. The van der Waals surface area contributed by atoms with E-state index in [0.29, 0.717) is 29.1 Å². The molecule has 0 aromatic heterocycles. The summed E-state index contributed by atoms with van der Waals surface area (Å²) in [5.41, 5.74) is 1.08. The molecule has 134 valence electrons. The molecule has 0 saturated carbocycles. The van der Waals surface area contributed by atoms with E-state index in [2.05, 4.69) is 0 Å². The van der Waals surface area contributed by atoms with Crippen molar-refractivity contribution in [1.82, 2.24) is 4.90 Å². The van der Waals surface area contributed by atoms with Crippen LogP contribution in [0.4, 0.5) is 0 Å². The Morgan fingerprint density at radius 2 is 1.69 bits per heavy atom. The first kappa shape index (κ1) is 18.2. The molecule has 1 aliphatic rings. The molecule has 0 radical (unpaired) electrons. The van der Waals surface area contributed by atoms with E-state index in [4.69, 9.17) is 11.6 Å². The van der Waals surface area contributed by atoms with Gasteiger partial charge in [-0.05, 0) is 55.7 Å². The maximum atomic E-state index is 12.8. The lowest BCUT2D eigenvalue weighted by Gasteiger charge is -2.34. The zero-order chi connectivity index (χ0) is 18.5. The monoisotopic (exact) mass is 369 g/mol. The molecule has 0 aliphatic carbocycles. The van der Waals surface area contributed by atoms with Crippen LogP contribution in [-0.4, -0.2) is 34.3 Å². The zero-order valence-electron chi connectivity index (χ0n) is 14.3. The average Bonchev–Trinajstić information content (AvgIpc) is 2.68. The molecule has 1 saturated heterocycles. The number of carbonyl (C=O) groups is 2. The number of amides is 1. The van der Waals surface area contributed by atoms with Crippen molar-refractivity contribution >= 4 is 29.1 Å². The van der Waals surface area contributed by atoms with Crippen molar-refractivity contribution in [1.29, 1.82) is 0 Å². The maximum Gasteiger partial charge on any atom is 0.254 e. The van der Waals surface area contributed by atoms with Crippen LogP contribution in [0.1, 0.15) is 35.2 Å². The van der Waals surface area contributed by atoms with Crippen LogP contribution >= 0.6 is 11.6 Å². The molecular weight excluding hydrogens is 350 g/mol. The molecule has 2 aromatic carbocycles. The topological polar surface area (TPSA) is 57.6 Å². The second-order valence-electron chi connectivity index (χ2n) is 6.31. The molecule has 1 aliphatic heterocycles. The minimum Gasteiger partial charge on any atom is -0.507 e. The Bertz CT molecular complexity index is 815. The molecule has 1 amide bonds. The maximum absolute atomic E-state index is 12.8. The number of benzene rings is 2. The number of halogens is 1. The highest BCUT2D eigenvalue weighted by molar-refractivity contribution is 6.30. The third-order valence-corrected chi connectivity index (χ3v) is 4.78. The lowest BCUT2D eigenvalue weighted by atomic mass is 9.96. The Hall–Kier alpha value is -2.59. The fraction of sp³-hybridized carbons (Fsp3) is 0.238. The molecule has 5 heteroatoms. The summed E-state index contributed by atoms with van der Waals surface area (Å²) in [6.07, 6.45) is 3.56. The summed E-state index contributed by atoms with van der Waals surface area (Å²) < 4.78 is 0. The van der Waals surface area contributed by atoms with Crippen molar-refractivity contribution in [3.8, 4) is 0 Å². The van der Waals surface area contributed by atoms with Crippen molar-refractivity contribution in [2.75, 3.05) is 6.54 Å². The predicted molar refractivity (Wildman–Crippen MR) is 102 cm³/mol. The number of carbonyl (C=O) groups excluding carboxylic acids is 2. The van der Waals surface area contributed by atoms with Crippen LogP contribution in [0.25, 0.3) is 5.76 Å². The Morgan fingerprint density at radius 1 is 1.00 bits per heavy atom. The lowest BCUT2D eigenvalue weighted by molar-refractivity contribution is -0.119. The quantitative estimate of drug-likeness (QED) is 0.637. The molecule has 4 nitrogen and oxygen atoms in total. The van der Waals surface area contributed by atoms with Gasteiger partial charge in [0, 0.05) is 28.8 Å². The summed E-state index contributed by atoms with van der Waals surface area (Å²) in [5, 5.41) is 10.8.